The van der Waals surface area contributed by atoms with E-state index in [1.165, 1.54) is 5.56 Å². The summed E-state index contributed by atoms with van der Waals surface area (Å²) in [6, 6.07) is 16.1. The summed E-state index contributed by atoms with van der Waals surface area (Å²) in [5, 5.41) is 3.92. The summed E-state index contributed by atoms with van der Waals surface area (Å²) in [6.45, 7) is 3.35. The van der Waals surface area contributed by atoms with Crippen LogP contribution in [0.2, 0.25) is 5.02 Å². The molecule has 3 nitrogen and oxygen atoms in total. The molecule has 0 amide bonds. The van der Waals surface area contributed by atoms with Gasteiger partial charge in [0, 0.05) is 41.2 Å². The summed E-state index contributed by atoms with van der Waals surface area (Å²) >= 11 is 7.63. The van der Waals surface area contributed by atoms with Crippen LogP contribution >= 0.6 is 22.9 Å². The molecule has 0 fully saturated rings. The number of fused-ring (bicyclic) bond motifs is 1. The lowest BCUT2D eigenvalue weighted by Gasteiger charge is -2.17. The fourth-order valence-corrected chi connectivity index (χ4v) is 3.79. The van der Waals surface area contributed by atoms with Gasteiger partial charge in [-0.05, 0) is 18.2 Å². The second kappa shape index (κ2) is 6.93. The molecule has 0 unspecified atom stereocenters. The van der Waals surface area contributed by atoms with Crippen molar-refractivity contribution < 1.29 is 4.74 Å². The Bertz CT molecular complexity index is 831. The number of ether oxygens (including phenoxy) is 1. The number of thiazole rings is 1. The van der Waals surface area contributed by atoms with Gasteiger partial charge in [-0.25, -0.2) is 4.98 Å². The maximum Gasteiger partial charge on any atom is 0.123 e. The van der Waals surface area contributed by atoms with Gasteiger partial charge in [-0.15, -0.1) is 11.3 Å². The lowest BCUT2D eigenvalue weighted by atomic mass is 10.2. The van der Waals surface area contributed by atoms with E-state index in [2.05, 4.69) is 22.4 Å². The monoisotopic (exact) mass is 356 g/mol. The van der Waals surface area contributed by atoms with Gasteiger partial charge >= 0.3 is 0 Å². The van der Waals surface area contributed by atoms with E-state index in [0.717, 1.165) is 46.7 Å². The van der Waals surface area contributed by atoms with Gasteiger partial charge in [0.25, 0.3) is 0 Å². The van der Waals surface area contributed by atoms with Crippen molar-refractivity contribution in [2.75, 3.05) is 13.2 Å². The molecule has 122 valence electrons. The average Bonchev–Trinajstić information content (AvgIpc) is 2.95. The molecule has 0 aliphatic carbocycles. The van der Waals surface area contributed by atoms with E-state index < -0.39 is 0 Å². The molecule has 0 radical (unpaired) electrons. The van der Waals surface area contributed by atoms with Crippen LogP contribution in [0.25, 0.3) is 10.6 Å². The standard InChI is InChI=1S/C19H17ClN2OS/c20-16-7-5-14(6-8-16)19-21-17(13-24-19)12-22-9-10-23-18-4-2-1-3-15(18)11-22/h1-8,13H,9-12H2. The third-order valence-corrected chi connectivity index (χ3v) is 5.25. The first-order valence-electron chi connectivity index (χ1n) is 7.91. The molecule has 5 heteroatoms. The Balaban J connectivity index is 1.49. The number of benzene rings is 2. The van der Waals surface area contributed by atoms with Crippen LogP contribution < -0.4 is 4.74 Å². The molecule has 24 heavy (non-hydrogen) atoms. The first kappa shape index (κ1) is 15.6. The molecule has 0 atom stereocenters. The van der Waals surface area contributed by atoms with Crippen molar-refractivity contribution in [2.45, 2.75) is 13.1 Å². The number of aromatic nitrogens is 1. The third kappa shape index (κ3) is 3.46. The Morgan fingerprint density at radius 3 is 2.83 bits per heavy atom. The summed E-state index contributed by atoms with van der Waals surface area (Å²) in [7, 11) is 0. The van der Waals surface area contributed by atoms with Crippen molar-refractivity contribution in [2.24, 2.45) is 0 Å². The number of rotatable bonds is 3. The first-order chi connectivity index (χ1) is 11.8. The topological polar surface area (TPSA) is 25.4 Å². The SMILES string of the molecule is Clc1ccc(-c2nc(CN3CCOc4ccccc4C3)cs2)cc1. The first-order valence-corrected chi connectivity index (χ1v) is 9.17. The van der Waals surface area contributed by atoms with Crippen molar-refractivity contribution >= 4 is 22.9 Å². The lowest BCUT2D eigenvalue weighted by Crippen LogP contribution is -2.25. The second-order valence-electron chi connectivity index (χ2n) is 5.82. The minimum absolute atomic E-state index is 0.713. The zero-order chi connectivity index (χ0) is 16.4. The van der Waals surface area contributed by atoms with E-state index in [4.69, 9.17) is 21.3 Å². The highest BCUT2D eigenvalue weighted by molar-refractivity contribution is 7.13. The maximum atomic E-state index is 5.95. The number of hydrogen-bond donors (Lipinski definition) is 0. The van der Waals surface area contributed by atoms with Gasteiger partial charge in [-0.2, -0.15) is 0 Å². The summed E-state index contributed by atoms with van der Waals surface area (Å²) in [5.74, 6) is 1.00. The summed E-state index contributed by atoms with van der Waals surface area (Å²) < 4.78 is 5.83. The molecule has 1 aromatic heterocycles. The minimum Gasteiger partial charge on any atom is -0.492 e. The van der Waals surface area contributed by atoms with E-state index in [1.807, 2.05) is 36.4 Å². The molecule has 0 N–H and O–H groups in total. The molecule has 0 spiro atoms. The van der Waals surface area contributed by atoms with E-state index in [-0.39, 0.29) is 0 Å². The second-order valence-corrected chi connectivity index (χ2v) is 7.11. The zero-order valence-corrected chi connectivity index (χ0v) is 14.7. The zero-order valence-electron chi connectivity index (χ0n) is 13.1. The van der Waals surface area contributed by atoms with Crippen LogP contribution in [-0.2, 0) is 13.1 Å². The molecule has 4 rings (SSSR count). The third-order valence-electron chi connectivity index (χ3n) is 4.06. The predicted molar refractivity (Wildman–Crippen MR) is 98.6 cm³/mol. The average molecular weight is 357 g/mol. The van der Waals surface area contributed by atoms with Crippen LogP contribution in [0.4, 0.5) is 0 Å². The Hall–Kier alpha value is -1.88. The number of halogens is 1. The molecule has 0 saturated heterocycles. The van der Waals surface area contributed by atoms with Crippen LogP contribution in [0.15, 0.2) is 53.9 Å². The molecule has 1 aliphatic rings. The van der Waals surface area contributed by atoms with Gasteiger partial charge in [-0.3, -0.25) is 4.90 Å². The van der Waals surface area contributed by atoms with E-state index in [0.29, 0.717) is 6.61 Å². The fourth-order valence-electron chi connectivity index (χ4n) is 2.85. The lowest BCUT2D eigenvalue weighted by molar-refractivity contribution is 0.218. The Morgan fingerprint density at radius 1 is 1.12 bits per heavy atom. The fraction of sp³-hybridized carbons (Fsp3) is 0.211. The van der Waals surface area contributed by atoms with Crippen LogP contribution in [0.3, 0.4) is 0 Å². The van der Waals surface area contributed by atoms with Gasteiger partial charge in [0.15, 0.2) is 0 Å². The normalized spacial score (nSPS) is 14.7. The van der Waals surface area contributed by atoms with Gasteiger partial charge in [0.1, 0.15) is 17.4 Å². The van der Waals surface area contributed by atoms with E-state index in [9.17, 15) is 0 Å². The van der Waals surface area contributed by atoms with Gasteiger partial charge < -0.3 is 4.74 Å². The highest BCUT2D eigenvalue weighted by Crippen LogP contribution is 2.27. The van der Waals surface area contributed by atoms with Crippen LogP contribution in [0.5, 0.6) is 5.75 Å². The van der Waals surface area contributed by atoms with Crippen LogP contribution in [0, 0.1) is 0 Å². The van der Waals surface area contributed by atoms with E-state index >= 15 is 0 Å². The quantitative estimate of drug-likeness (QED) is 0.670. The van der Waals surface area contributed by atoms with Crippen molar-refractivity contribution in [1.29, 1.82) is 0 Å². The largest absolute Gasteiger partial charge is 0.492 e. The van der Waals surface area contributed by atoms with Gasteiger partial charge in [0.2, 0.25) is 0 Å². The van der Waals surface area contributed by atoms with Crippen LogP contribution in [0.1, 0.15) is 11.3 Å². The molecular formula is C19H17ClN2OS. The summed E-state index contributed by atoms with van der Waals surface area (Å²) in [5.41, 5.74) is 3.45. The van der Waals surface area contributed by atoms with Crippen molar-refractivity contribution in [3.05, 3.63) is 70.2 Å². The Morgan fingerprint density at radius 2 is 1.96 bits per heavy atom. The molecular weight excluding hydrogens is 340 g/mol. The maximum absolute atomic E-state index is 5.95. The summed E-state index contributed by atoms with van der Waals surface area (Å²) in [6.07, 6.45) is 0. The number of hydrogen-bond acceptors (Lipinski definition) is 4. The molecule has 2 aromatic carbocycles. The van der Waals surface area contributed by atoms with Gasteiger partial charge in [-0.1, -0.05) is 41.9 Å². The number of nitrogens with zero attached hydrogens (tertiary/aromatic N) is 2. The minimum atomic E-state index is 0.713. The highest BCUT2D eigenvalue weighted by atomic mass is 35.5. The Labute approximate surface area is 150 Å². The molecule has 0 bridgehead atoms. The molecule has 0 saturated carbocycles. The van der Waals surface area contributed by atoms with E-state index in [1.54, 1.807) is 11.3 Å². The molecule has 2 heterocycles. The predicted octanol–water partition coefficient (Wildman–Crippen LogP) is 4.86. The summed E-state index contributed by atoms with van der Waals surface area (Å²) in [4.78, 5) is 7.17. The van der Waals surface area contributed by atoms with Crippen LogP contribution in [-0.4, -0.2) is 23.0 Å². The molecule has 1 aliphatic heterocycles. The van der Waals surface area contributed by atoms with Crippen molar-refractivity contribution in [3.8, 4) is 16.3 Å². The highest BCUT2D eigenvalue weighted by Gasteiger charge is 2.16. The smallest absolute Gasteiger partial charge is 0.123 e. The van der Waals surface area contributed by atoms with Gasteiger partial charge in [0.05, 0.1) is 5.69 Å². The number of para-hydroxylation sites is 1. The Kier molecular flexibility index (Phi) is 4.52. The molecule has 3 aromatic rings. The van der Waals surface area contributed by atoms with Crippen molar-refractivity contribution in [1.82, 2.24) is 9.88 Å². The van der Waals surface area contributed by atoms with Crippen molar-refractivity contribution in [3.63, 3.8) is 0 Å².